The predicted octanol–water partition coefficient (Wildman–Crippen LogP) is 2.22. The number of nitrogens with one attached hydrogen (secondary N) is 2. The maximum Gasteiger partial charge on any atom is 0.191 e. The maximum absolute atomic E-state index is 5.46. The van der Waals surface area contributed by atoms with Gasteiger partial charge in [0, 0.05) is 37.9 Å². The average Bonchev–Trinajstić information content (AvgIpc) is 2.79. The number of morpholine rings is 1. The number of ether oxygens (including phenoxy) is 2. The van der Waals surface area contributed by atoms with Gasteiger partial charge < -0.3 is 25.0 Å². The lowest BCUT2D eigenvalue weighted by Crippen LogP contribution is -2.38. The van der Waals surface area contributed by atoms with Gasteiger partial charge in [0.25, 0.3) is 0 Å². The van der Waals surface area contributed by atoms with Crippen molar-refractivity contribution in [1.82, 2.24) is 15.6 Å². The average molecular weight is 398 g/mol. The van der Waals surface area contributed by atoms with Gasteiger partial charge in [-0.25, -0.2) is 9.98 Å². The monoisotopic (exact) mass is 397 g/mol. The van der Waals surface area contributed by atoms with Crippen LogP contribution in [0.15, 0.2) is 47.6 Å². The first-order valence-corrected chi connectivity index (χ1v) is 10.2. The standard InChI is InChI=1S/C22H31N5O2/c1-3-23-22(25-12-10-18-6-8-20(28-2)9-7-18)26-17-19-5-4-11-24-21(19)27-13-15-29-16-14-27/h4-9,11H,3,10,12-17H2,1-2H3,(H2,23,25,26). The molecular weight excluding hydrogens is 366 g/mol. The highest BCUT2D eigenvalue weighted by Gasteiger charge is 2.15. The Morgan fingerprint density at radius 2 is 1.97 bits per heavy atom. The molecule has 29 heavy (non-hydrogen) atoms. The molecule has 1 aromatic carbocycles. The molecule has 0 unspecified atom stereocenters. The molecule has 1 aliphatic heterocycles. The number of guanidine groups is 1. The van der Waals surface area contributed by atoms with E-state index >= 15 is 0 Å². The fourth-order valence-corrected chi connectivity index (χ4v) is 3.24. The molecule has 2 aromatic rings. The molecule has 0 bridgehead atoms. The zero-order valence-electron chi connectivity index (χ0n) is 17.4. The molecule has 2 N–H and O–H groups in total. The van der Waals surface area contributed by atoms with Crippen molar-refractivity contribution in [2.45, 2.75) is 19.9 Å². The highest BCUT2D eigenvalue weighted by Crippen LogP contribution is 2.19. The Labute approximate surface area is 173 Å². The molecule has 0 saturated carbocycles. The van der Waals surface area contributed by atoms with E-state index in [1.54, 1.807) is 7.11 Å². The normalized spacial score (nSPS) is 14.6. The molecule has 3 rings (SSSR count). The van der Waals surface area contributed by atoms with E-state index in [0.717, 1.165) is 68.9 Å². The Morgan fingerprint density at radius 3 is 2.69 bits per heavy atom. The Hall–Kier alpha value is -2.80. The predicted molar refractivity (Wildman–Crippen MR) is 117 cm³/mol. The Balaban J connectivity index is 1.58. The van der Waals surface area contributed by atoms with Gasteiger partial charge in [0.2, 0.25) is 0 Å². The summed E-state index contributed by atoms with van der Waals surface area (Å²) in [4.78, 5) is 11.6. The molecule has 1 aliphatic rings. The number of rotatable bonds is 8. The van der Waals surface area contributed by atoms with E-state index < -0.39 is 0 Å². The number of methoxy groups -OCH3 is 1. The van der Waals surface area contributed by atoms with Crippen molar-refractivity contribution in [2.24, 2.45) is 4.99 Å². The SMILES string of the molecule is CCNC(=NCc1cccnc1N1CCOCC1)NCCc1ccc(OC)cc1. The maximum atomic E-state index is 5.46. The number of anilines is 1. The number of benzene rings is 1. The second-order valence-corrected chi connectivity index (χ2v) is 6.81. The van der Waals surface area contributed by atoms with Crippen molar-refractivity contribution in [3.05, 3.63) is 53.7 Å². The van der Waals surface area contributed by atoms with Gasteiger partial charge in [-0.15, -0.1) is 0 Å². The van der Waals surface area contributed by atoms with E-state index in [-0.39, 0.29) is 0 Å². The van der Waals surface area contributed by atoms with Crippen LogP contribution in [0, 0.1) is 0 Å². The van der Waals surface area contributed by atoms with E-state index in [9.17, 15) is 0 Å². The summed E-state index contributed by atoms with van der Waals surface area (Å²) < 4.78 is 10.7. The minimum Gasteiger partial charge on any atom is -0.497 e. The second-order valence-electron chi connectivity index (χ2n) is 6.81. The number of nitrogens with zero attached hydrogens (tertiary/aromatic N) is 3. The summed E-state index contributed by atoms with van der Waals surface area (Å²) in [7, 11) is 1.68. The molecule has 0 amide bonds. The Kier molecular flexibility index (Phi) is 8.12. The summed E-state index contributed by atoms with van der Waals surface area (Å²) in [6.45, 7) is 7.51. The zero-order valence-corrected chi connectivity index (χ0v) is 17.4. The molecule has 1 fully saturated rings. The minimum absolute atomic E-state index is 0.582. The van der Waals surface area contributed by atoms with Crippen LogP contribution in [-0.2, 0) is 17.7 Å². The third-order valence-corrected chi connectivity index (χ3v) is 4.80. The molecule has 7 nitrogen and oxygen atoms in total. The van der Waals surface area contributed by atoms with E-state index in [0.29, 0.717) is 6.54 Å². The third-order valence-electron chi connectivity index (χ3n) is 4.80. The number of hydrogen-bond donors (Lipinski definition) is 2. The van der Waals surface area contributed by atoms with Crippen molar-refractivity contribution in [3.63, 3.8) is 0 Å². The van der Waals surface area contributed by atoms with Gasteiger partial charge in [-0.1, -0.05) is 18.2 Å². The largest absolute Gasteiger partial charge is 0.497 e. The molecule has 0 radical (unpaired) electrons. The molecule has 7 heteroatoms. The minimum atomic E-state index is 0.582. The quantitative estimate of drug-likeness (QED) is 0.526. The first kappa shape index (κ1) is 20.9. The summed E-state index contributed by atoms with van der Waals surface area (Å²) in [6, 6.07) is 12.2. The smallest absolute Gasteiger partial charge is 0.191 e. The van der Waals surface area contributed by atoms with Gasteiger partial charge in [0.1, 0.15) is 11.6 Å². The summed E-state index contributed by atoms with van der Waals surface area (Å²) in [5, 5.41) is 6.74. The van der Waals surface area contributed by atoms with Crippen molar-refractivity contribution in [2.75, 3.05) is 51.4 Å². The van der Waals surface area contributed by atoms with Crippen LogP contribution in [0.1, 0.15) is 18.1 Å². The van der Waals surface area contributed by atoms with E-state index in [1.807, 2.05) is 24.4 Å². The molecule has 0 spiro atoms. The van der Waals surface area contributed by atoms with Gasteiger partial charge in [0.05, 0.1) is 26.9 Å². The highest BCUT2D eigenvalue weighted by atomic mass is 16.5. The number of aromatic nitrogens is 1. The van der Waals surface area contributed by atoms with Gasteiger partial charge in [-0.05, 0) is 37.1 Å². The first-order valence-electron chi connectivity index (χ1n) is 10.2. The highest BCUT2D eigenvalue weighted by molar-refractivity contribution is 5.79. The van der Waals surface area contributed by atoms with Crippen LogP contribution >= 0.6 is 0 Å². The van der Waals surface area contributed by atoms with Gasteiger partial charge in [-0.2, -0.15) is 0 Å². The lowest BCUT2D eigenvalue weighted by molar-refractivity contribution is 0.122. The molecule has 1 aromatic heterocycles. The van der Waals surface area contributed by atoms with E-state index in [4.69, 9.17) is 14.5 Å². The van der Waals surface area contributed by atoms with Crippen LogP contribution in [0.3, 0.4) is 0 Å². The third kappa shape index (κ3) is 6.35. The summed E-state index contributed by atoms with van der Waals surface area (Å²) in [5.74, 6) is 2.70. The fraction of sp³-hybridized carbons (Fsp3) is 0.455. The first-order chi connectivity index (χ1) is 14.3. The molecule has 1 saturated heterocycles. The van der Waals surface area contributed by atoms with Crippen LogP contribution in [-0.4, -0.2) is 57.4 Å². The van der Waals surface area contributed by atoms with E-state index in [1.165, 1.54) is 5.56 Å². The van der Waals surface area contributed by atoms with Crippen LogP contribution in [0.2, 0.25) is 0 Å². The van der Waals surface area contributed by atoms with Crippen molar-refractivity contribution < 1.29 is 9.47 Å². The number of hydrogen-bond acceptors (Lipinski definition) is 5. The van der Waals surface area contributed by atoms with Crippen molar-refractivity contribution in [1.29, 1.82) is 0 Å². The number of aliphatic imine (C=N–C) groups is 1. The van der Waals surface area contributed by atoms with Gasteiger partial charge >= 0.3 is 0 Å². The van der Waals surface area contributed by atoms with Crippen molar-refractivity contribution >= 4 is 11.8 Å². The van der Waals surface area contributed by atoms with Crippen LogP contribution < -0.4 is 20.3 Å². The Bertz CT molecular complexity index is 773. The lowest BCUT2D eigenvalue weighted by atomic mass is 10.1. The Morgan fingerprint density at radius 1 is 1.17 bits per heavy atom. The molecule has 0 aliphatic carbocycles. The summed E-state index contributed by atoms with van der Waals surface area (Å²) in [6.07, 6.45) is 2.76. The van der Waals surface area contributed by atoms with Crippen LogP contribution in [0.4, 0.5) is 5.82 Å². The summed E-state index contributed by atoms with van der Waals surface area (Å²) >= 11 is 0. The fourth-order valence-electron chi connectivity index (χ4n) is 3.24. The lowest BCUT2D eigenvalue weighted by Gasteiger charge is -2.29. The number of pyridine rings is 1. The topological polar surface area (TPSA) is 71.0 Å². The molecule has 0 atom stereocenters. The molecular formula is C22H31N5O2. The molecule has 156 valence electrons. The van der Waals surface area contributed by atoms with E-state index in [2.05, 4.69) is 45.6 Å². The summed E-state index contributed by atoms with van der Waals surface area (Å²) in [5.41, 5.74) is 2.39. The zero-order chi connectivity index (χ0) is 20.3. The van der Waals surface area contributed by atoms with Gasteiger partial charge in [0.15, 0.2) is 5.96 Å². The molecule has 2 heterocycles. The van der Waals surface area contributed by atoms with Crippen LogP contribution in [0.25, 0.3) is 0 Å². The van der Waals surface area contributed by atoms with Gasteiger partial charge in [-0.3, -0.25) is 0 Å². The second kappa shape index (κ2) is 11.3. The van der Waals surface area contributed by atoms with Crippen LogP contribution in [0.5, 0.6) is 5.75 Å². The van der Waals surface area contributed by atoms with Crippen molar-refractivity contribution in [3.8, 4) is 5.75 Å².